The van der Waals surface area contributed by atoms with Crippen molar-refractivity contribution in [3.05, 3.63) is 82.2 Å². The van der Waals surface area contributed by atoms with Crippen LogP contribution in [0.15, 0.2) is 69.9 Å². The molecule has 0 saturated heterocycles. The standard InChI is InChI=1S/C18H14ClNO3/c19-11-16(21)20-17(12-6-2-1-3-7-12)14-10-13-8-4-5-9-15(13)23-18(14)22/h1-10,17H,11H2,(H,20,21). The van der Waals surface area contributed by atoms with Gasteiger partial charge in [-0.2, -0.15) is 0 Å². The number of carbonyl (C=O) groups excluding carboxylic acids is 1. The fraction of sp³-hybridized carbons (Fsp3) is 0.111. The van der Waals surface area contributed by atoms with Gasteiger partial charge in [0.15, 0.2) is 0 Å². The molecular formula is C18H14ClNO3. The molecule has 0 bridgehead atoms. The molecular weight excluding hydrogens is 314 g/mol. The van der Waals surface area contributed by atoms with E-state index in [9.17, 15) is 9.59 Å². The highest BCUT2D eigenvalue weighted by molar-refractivity contribution is 6.27. The minimum absolute atomic E-state index is 0.178. The first kappa shape index (κ1) is 15.3. The minimum atomic E-state index is -0.608. The Balaban J connectivity index is 2.14. The van der Waals surface area contributed by atoms with Crippen LogP contribution in [0.25, 0.3) is 11.0 Å². The van der Waals surface area contributed by atoms with Gasteiger partial charge in [-0.05, 0) is 17.7 Å². The van der Waals surface area contributed by atoms with E-state index in [-0.39, 0.29) is 11.8 Å². The van der Waals surface area contributed by atoms with E-state index in [4.69, 9.17) is 16.0 Å². The molecule has 116 valence electrons. The molecule has 23 heavy (non-hydrogen) atoms. The van der Waals surface area contributed by atoms with Crippen LogP contribution in [-0.2, 0) is 4.79 Å². The first-order chi connectivity index (χ1) is 11.2. The van der Waals surface area contributed by atoms with E-state index in [0.717, 1.165) is 10.9 Å². The molecule has 1 amide bonds. The van der Waals surface area contributed by atoms with Crippen molar-refractivity contribution in [2.75, 3.05) is 5.88 Å². The fourth-order valence-electron chi connectivity index (χ4n) is 2.46. The molecule has 1 unspecified atom stereocenters. The van der Waals surface area contributed by atoms with Crippen molar-refractivity contribution in [2.24, 2.45) is 0 Å². The summed E-state index contributed by atoms with van der Waals surface area (Å²) in [5.74, 6) is -0.532. The molecule has 1 aromatic heterocycles. The maximum absolute atomic E-state index is 12.4. The Bertz CT molecular complexity index is 889. The zero-order valence-corrected chi connectivity index (χ0v) is 12.9. The van der Waals surface area contributed by atoms with E-state index < -0.39 is 11.7 Å². The third-order valence-corrected chi connectivity index (χ3v) is 3.78. The zero-order chi connectivity index (χ0) is 16.2. The molecule has 0 fully saturated rings. The van der Waals surface area contributed by atoms with Gasteiger partial charge in [0.05, 0.1) is 11.6 Å². The summed E-state index contributed by atoms with van der Waals surface area (Å²) in [6.07, 6.45) is 0. The van der Waals surface area contributed by atoms with Gasteiger partial charge in [-0.25, -0.2) is 4.79 Å². The number of hydrogen-bond acceptors (Lipinski definition) is 3. The lowest BCUT2D eigenvalue weighted by Gasteiger charge is -2.18. The second-order valence-corrected chi connectivity index (χ2v) is 5.34. The summed E-state index contributed by atoms with van der Waals surface area (Å²) in [6, 6.07) is 17.6. The van der Waals surface area contributed by atoms with Gasteiger partial charge in [0, 0.05) is 5.39 Å². The molecule has 0 aliphatic carbocycles. The maximum Gasteiger partial charge on any atom is 0.341 e. The highest BCUT2D eigenvalue weighted by Gasteiger charge is 2.21. The Labute approximate surface area is 137 Å². The van der Waals surface area contributed by atoms with Crippen molar-refractivity contribution < 1.29 is 9.21 Å². The van der Waals surface area contributed by atoms with Gasteiger partial charge < -0.3 is 9.73 Å². The number of amides is 1. The van der Waals surface area contributed by atoms with E-state index >= 15 is 0 Å². The van der Waals surface area contributed by atoms with Gasteiger partial charge in [-0.15, -0.1) is 11.6 Å². The van der Waals surface area contributed by atoms with E-state index in [1.807, 2.05) is 42.5 Å². The quantitative estimate of drug-likeness (QED) is 0.591. The summed E-state index contributed by atoms with van der Waals surface area (Å²) in [7, 11) is 0. The van der Waals surface area contributed by atoms with Gasteiger partial charge in [0.25, 0.3) is 0 Å². The smallest absolute Gasteiger partial charge is 0.341 e. The number of fused-ring (bicyclic) bond motifs is 1. The second kappa shape index (κ2) is 6.67. The number of alkyl halides is 1. The van der Waals surface area contributed by atoms with Crippen LogP contribution in [0.2, 0.25) is 0 Å². The van der Waals surface area contributed by atoms with Gasteiger partial charge in [0.1, 0.15) is 11.5 Å². The Morgan fingerprint density at radius 3 is 2.52 bits per heavy atom. The van der Waals surface area contributed by atoms with Crippen molar-refractivity contribution in [3.8, 4) is 0 Å². The molecule has 0 aliphatic heterocycles. The summed E-state index contributed by atoms with van der Waals surface area (Å²) in [6.45, 7) is 0. The molecule has 4 nitrogen and oxygen atoms in total. The van der Waals surface area contributed by atoms with Crippen LogP contribution in [-0.4, -0.2) is 11.8 Å². The first-order valence-corrected chi connectivity index (χ1v) is 7.65. The number of para-hydroxylation sites is 1. The second-order valence-electron chi connectivity index (χ2n) is 5.07. The molecule has 3 aromatic rings. The van der Waals surface area contributed by atoms with Crippen LogP contribution >= 0.6 is 11.6 Å². The largest absolute Gasteiger partial charge is 0.422 e. The number of rotatable bonds is 4. The van der Waals surface area contributed by atoms with Crippen molar-refractivity contribution in [3.63, 3.8) is 0 Å². The average molecular weight is 328 g/mol. The van der Waals surface area contributed by atoms with Gasteiger partial charge in [-0.3, -0.25) is 4.79 Å². The van der Waals surface area contributed by atoms with E-state index in [0.29, 0.717) is 11.1 Å². The molecule has 1 atom stereocenters. The van der Waals surface area contributed by atoms with E-state index in [1.54, 1.807) is 18.2 Å². The molecule has 1 N–H and O–H groups in total. The number of halogens is 1. The average Bonchev–Trinajstić information content (AvgIpc) is 2.60. The minimum Gasteiger partial charge on any atom is -0.422 e. The number of carbonyl (C=O) groups is 1. The van der Waals surface area contributed by atoms with Gasteiger partial charge in [-0.1, -0.05) is 48.5 Å². The normalized spacial score (nSPS) is 12.0. The number of benzene rings is 2. The molecule has 0 spiro atoms. The summed E-state index contributed by atoms with van der Waals surface area (Å²) < 4.78 is 5.37. The van der Waals surface area contributed by atoms with Gasteiger partial charge >= 0.3 is 5.63 Å². The summed E-state index contributed by atoms with van der Waals surface area (Å²) in [5.41, 5.74) is 1.19. The molecule has 0 aliphatic rings. The highest BCUT2D eigenvalue weighted by atomic mass is 35.5. The maximum atomic E-state index is 12.4. The molecule has 2 aromatic carbocycles. The van der Waals surface area contributed by atoms with E-state index in [1.165, 1.54) is 0 Å². The lowest BCUT2D eigenvalue weighted by molar-refractivity contribution is -0.119. The van der Waals surface area contributed by atoms with Crippen molar-refractivity contribution in [2.45, 2.75) is 6.04 Å². The SMILES string of the molecule is O=C(CCl)NC(c1ccccc1)c1cc2ccccc2oc1=O. The van der Waals surface area contributed by atoms with Gasteiger partial charge in [0.2, 0.25) is 5.91 Å². The molecule has 5 heteroatoms. The molecule has 3 rings (SSSR count). The molecule has 1 heterocycles. The Morgan fingerprint density at radius 2 is 1.78 bits per heavy atom. The number of hydrogen-bond donors (Lipinski definition) is 1. The Morgan fingerprint density at radius 1 is 1.09 bits per heavy atom. The van der Waals surface area contributed by atoms with Crippen molar-refractivity contribution in [1.29, 1.82) is 0 Å². The predicted molar refractivity (Wildman–Crippen MR) is 89.6 cm³/mol. The fourth-order valence-corrected chi connectivity index (χ4v) is 2.54. The monoisotopic (exact) mass is 327 g/mol. The zero-order valence-electron chi connectivity index (χ0n) is 12.2. The third kappa shape index (κ3) is 3.27. The molecule has 0 saturated carbocycles. The van der Waals surface area contributed by atoms with Crippen LogP contribution in [0.4, 0.5) is 0 Å². The predicted octanol–water partition coefficient (Wildman–Crippen LogP) is 3.24. The Hall–Kier alpha value is -2.59. The lowest BCUT2D eigenvalue weighted by Crippen LogP contribution is -2.33. The van der Waals surface area contributed by atoms with Crippen molar-refractivity contribution in [1.82, 2.24) is 5.32 Å². The van der Waals surface area contributed by atoms with Crippen LogP contribution in [0.5, 0.6) is 0 Å². The number of nitrogens with one attached hydrogen (secondary N) is 1. The van der Waals surface area contributed by atoms with Crippen LogP contribution in [0.3, 0.4) is 0 Å². The summed E-state index contributed by atoms with van der Waals surface area (Å²) >= 11 is 5.59. The highest BCUT2D eigenvalue weighted by Crippen LogP contribution is 2.22. The molecule has 0 radical (unpaired) electrons. The lowest BCUT2D eigenvalue weighted by atomic mass is 9.99. The van der Waals surface area contributed by atoms with Crippen LogP contribution in [0, 0.1) is 0 Å². The summed E-state index contributed by atoms with van der Waals surface area (Å²) in [5, 5.41) is 3.57. The summed E-state index contributed by atoms with van der Waals surface area (Å²) in [4.78, 5) is 24.1. The van der Waals surface area contributed by atoms with Crippen molar-refractivity contribution >= 4 is 28.5 Å². The first-order valence-electron chi connectivity index (χ1n) is 7.12. The topological polar surface area (TPSA) is 59.3 Å². The van der Waals surface area contributed by atoms with E-state index in [2.05, 4.69) is 5.32 Å². The van der Waals surface area contributed by atoms with Crippen LogP contribution < -0.4 is 10.9 Å². The Kier molecular flexibility index (Phi) is 4.44. The third-order valence-electron chi connectivity index (χ3n) is 3.54. The van der Waals surface area contributed by atoms with Crippen LogP contribution in [0.1, 0.15) is 17.2 Å².